The summed E-state index contributed by atoms with van der Waals surface area (Å²) in [6.45, 7) is 0.778. The fourth-order valence-corrected chi connectivity index (χ4v) is 0.871. The Labute approximate surface area is 60.7 Å². The van der Waals surface area contributed by atoms with Crippen LogP contribution in [0.15, 0.2) is 12.4 Å². The third kappa shape index (κ3) is 2.19. The SMILES string of the molecule is NCCCCc1ncc[nH]1. The number of nitrogens with one attached hydrogen (secondary N) is 1. The van der Waals surface area contributed by atoms with Gasteiger partial charge >= 0.3 is 0 Å². The Morgan fingerprint density at radius 3 is 3.00 bits per heavy atom. The molecule has 3 nitrogen and oxygen atoms in total. The summed E-state index contributed by atoms with van der Waals surface area (Å²) < 4.78 is 0. The molecule has 10 heavy (non-hydrogen) atoms. The molecule has 0 amide bonds. The van der Waals surface area contributed by atoms with Crippen molar-refractivity contribution in [2.45, 2.75) is 19.3 Å². The highest BCUT2D eigenvalue weighted by Gasteiger charge is 1.91. The van der Waals surface area contributed by atoms with Gasteiger partial charge in [0.15, 0.2) is 0 Å². The summed E-state index contributed by atoms with van der Waals surface area (Å²) in [4.78, 5) is 7.14. The third-order valence-electron chi connectivity index (χ3n) is 1.42. The van der Waals surface area contributed by atoms with Crippen molar-refractivity contribution in [3.8, 4) is 0 Å². The Bertz CT molecular complexity index is 157. The number of hydrogen-bond donors (Lipinski definition) is 2. The molecule has 0 saturated heterocycles. The molecule has 0 aliphatic carbocycles. The maximum atomic E-state index is 5.34. The lowest BCUT2D eigenvalue weighted by Gasteiger charge is -1.93. The minimum Gasteiger partial charge on any atom is -0.349 e. The molecule has 1 aromatic heterocycles. The van der Waals surface area contributed by atoms with Gasteiger partial charge in [0.25, 0.3) is 0 Å². The molecule has 0 fully saturated rings. The number of unbranched alkanes of at least 4 members (excludes halogenated alkanes) is 1. The Balaban J connectivity index is 2.15. The van der Waals surface area contributed by atoms with Crippen LogP contribution in [0.25, 0.3) is 0 Å². The van der Waals surface area contributed by atoms with Crippen LogP contribution >= 0.6 is 0 Å². The summed E-state index contributed by atoms with van der Waals surface area (Å²) in [6.07, 6.45) is 6.85. The Kier molecular flexibility index (Phi) is 2.96. The fourth-order valence-electron chi connectivity index (χ4n) is 0.871. The van der Waals surface area contributed by atoms with Crippen LogP contribution in [0.2, 0.25) is 0 Å². The summed E-state index contributed by atoms with van der Waals surface area (Å²) in [7, 11) is 0. The van der Waals surface area contributed by atoms with Gasteiger partial charge in [-0.25, -0.2) is 4.98 Å². The number of nitrogens with two attached hydrogens (primary N) is 1. The summed E-state index contributed by atoms with van der Waals surface area (Å²) in [6, 6.07) is 0. The number of rotatable bonds is 4. The fraction of sp³-hybridized carbons (Fsp3) is 0.571. The highest BCUT2D eigenvalue weighted by atomic mass is 14.9. The van der Waals surface area contributed by atoms with Gasteiger partial charge in [-0.15, -0.1) is 0 Å². The standard InChI is InChI=1S/C7H13N3/c8-4-2-1-3-7-9-5-6-10-7/h5-6H,1-4,8H2,(H,9,10). The van der Waals surface area contributed by atoms with Crippen LogP contribution in [-0.2, 0) is 6.42 Å². The van der Waals surface area contributed by atoms with E-state index >= 15 is 0 Å². The summed E-state index contributed by atoms with van der Waals surface area (Å²) in [5.74, 6) is 1.06. The number of H-pyrrole nitrogens is 1. The Morgan fingerprint density at radius 2 is 2.40 bits per heavy atom. The van der Waals surface area contributed by atoms with Gasteiger partial charge in [0, 0.05) is 18.8 Å². The van der Waals surface area contributed by atoms with E-state index in [9.17, 15) is 0 Å². The molecule has 0 unspecified atom stereocenters. The Hall–Kier alpha value is -0.830. The first-order valence-corrected chi connectivity index (χ1v) is 3.62. The lowest BCUT2D eigenvalue weighted by atomic mass is 10.2. The molecule has 0 spiro atoms. The smallest absolute Gasteiger partial charge is 0.105 e. The molecule has 0 aliphatic rings. The normalized spacial score (nSPS) is 10.1. The van der Waals surface area contributed by atoms with Crippen molar-refractivity contribution in [3.05, 3.63) is 18.2 Å². The maximum absolute atomic E-state index is 5.34. The topological polar surface area (TPSA) is 54.7 Å². The molecule has 0 saturated carbocycles. The Morgan fingerprint density at radius 1 is 1.50 bits per heavy atom. The summed E-state index contributed by atoms with van der Waals surface area (Å²) in [5.41, 5.74) is 5.34. The van der Waals surface area contributed by atoms with Crippen LogP contribution in [0.3, 0.4) is 0 Å². The van der Waals surface area contributed by atoms with E-state index in [1.54, 1.807) is 6.20 Å². The van der Waals surface area contributed by atoms with E-state index in [4.69, 9.17) is 5.73 Å². The number of aryl methyl sites for hydroxylation is 1. The molecular weight excluding hydrogens is 126 g/mol. The van der Waals surface area contributed by atoms with Crippen molar-refractivity contribution in [1.29, 1.82) is 0 Å². The average Bonchev–Trinajstić information content (AvgIpc) is 2.41. The van der Waals surface area contributed by atoms with Crippen molar-refractivity contribution in [1.82, 2.24) is 9.97 Å². The van der Waals surface area contributed by atoms with E-state index < -0.39 is 0 Å². The molecule has 3 heteroatoms. The van der Waals surface area contributed by atoms with Crippen molar-refractivity contribution >= 4 is 0 Å². The predicted octanol–water partition coefficient (Wildman–Crippen LogP) is 0.691. The average molecular weight is 139 g/mol. The highest BCUT2D eigenvalue weighted by Crippen LogP contribution is 1.96. The van der Waals surface area contributed by atoms with Crippen LogP contribution in [0, 0.1) is 0 Å². The van der Waals surface area contributed by atoms with Gasteiger partial charge < -0.3 is 10.7 Å². The van der Waals surface area contributed by atoms with Gasteiger partial charge in [0.1, 0.15) is 5.82 Å². The van der Waals surface area contributed by atoms with E-state index in [0.717, 1.165) is 31.6 Å². The molecular formula is C7H13N3. The number of nitrogens with zero attached hydrogens (tertiary/aromatic N) is 1. The number of aromatic amines is 1. The zero-order valence-corrected chi connectivity index (χ0v) is 6.01. The molecule has 56 valence electrons. The quantitative estimate of drug-likeness (QED) is 0.603. The van der Waals surface area contributed by atoms with Crippen molar-refractivity contribution in [2.24, 2.45) is 5.73 Å². The second-order valence-electron chi connectivity index (χ2n) is 2.28. The minimum atomic E-state index is 0.778. The minimum absolute atomic E-state index is 0.778. The van der Waals surface area contributed by atoms with Crippen molar-refractivity contribution in [2.75, 3.05) is 6.54 Å². The second-order valence-corrected chi connectivity index (χ2v) is 2.28. The van der Waals surface area contributed by atoms with Crippen LogP contribution in [0.1, 0.15) is 18.7 Å². The monoisotopic (exact) mass is 139 g/mol. The van der Waals surface area contributed by atoms with Crippen LogP contribution in [0.4, 0.5) is 0 Å². The van der Waals surface area contributed by atoms with Crippen molar-refractivity contribution in [3.63, 3.8) is 0 Å². The zero-order valence-electron chi connectivity index (χ0n) is 6.01. The maximum Gasteiger partial charge on any atom is 0.105 e. The zero-order chi connectivity index (χ0) is 7.23. The molecule has 0 aliphatic heterocycles. The summed E-state index contributed by atoms with van der Waals surface area (Å²) >= 11 is 0. The predicted molar refractivity (Wildman–Crippen MR) is 40.6 cm³/mol. The molecule has 0 atom stereocenters. The number of hydrogen-bond acceptors (Lipinski definition) is 2. The molecule has 1 heterocycles. The molecule has 3 N–H and O–H groups in total. The van der Waals surface area contributed by atoms with Gasteiger partial charge in [-0.05, 0) is 19.4 Å². The van der Waals surface area contributed by atoms with E-state index in [1.165, 1.54) is 0 Å². The second kappa shape index (κ2) is 4.06. The highest BCUT2D eigenvalue weighted by molar-refractivity contribution is 4.86. The van der Waals surface area contributed by atoms with Crippen LogP contribution in [0.5, 0.6) is 0 Å². The number of aromatic nitrogens is 2. The van der Waals surface area contributed by atoms with Crippen molar-refractivity contribution < 1.29 is 0 Å². The molecule has 1 aromatic rings. The first kappa shape index (κ1) is 7.28. The first-order chi connectivity index (χ1) is 4.93. The third-order valence-corrected chi connectivity index (χ3v) is 1.42. The van der Waals surface area contributed by atoms with E-state index in [1.807, 2.05) is 6.20 Å². The van der Waals surface area contributed by atoms with Gasteiger partial charge in [-0.3, -0.25) is 0 Å². The van der Waals surface area contributed by atoms with E-state index in [2.05, 4.69) is 9.97 Å². The van der Waals surface area contributed by atoms with Gasteiger partial charge in [0.05, 0.1) is 0 Å². The van der Waals surface area contributed by atoms with Gasteiger partial charge in [0.2, 0.25) is 0 Å². The molecule has 1 rings (SSSR count). The van der Waals surface area contributed by atoms with Crippen LogP contribution in [-0.4, -0.2) is 16.5 Å². The van der Waals surface area contributed by atoms with Gasteiger partial charge in [-0.2, -0.15) is 0 Å². The van der Waals surface area contributed by atoms with Crippen LogP contribution < -0.4 is 5.73 Å². The summed E-state index contributed by atoms with van der Waals surface area (Å²) in [5, 5.41) is 0. The van der Waals surface area contributed by atoms with E-state index in [0.29, 0.717) is 0 Å². The molecule has 0 radical (unpaired) electrons. The largest absolute Gasteiger partial charge is 0.349 e. The first-order valence-electron chi connectivity index (χ1n) is 3.62. The van der Waals surface area contributed by atoms with E-state index in [-0.39, 0.29) is 0 Å². The lowest BCUT2D eigenvalue weighted by Crippen LogP contribution is -1.99. The lowest BCUT2D eigenvalue weighted by molar-refractivity contribution is 0.722. The number of imidazole rings is 1. The molecule has 0 aromatic carbocycles. The van der Waals surface area contributed by atoms with Gasteiger partial charge in [-0.1, -0.05) is 0 Å². The molecule has 0 bridgehead atoms.